The van der Waals surface area contributed by atoms with Gasteiger partial charge in [-0.05, 0) is 22.7 Å². The van der Waals surface area contributed by atoms with E-state index in [1.54, 1.807) is 6.07 Å². The fourth-order valence-corrected chi connectivity index (χ4v) is 8.10. The van der Waals surface area contributed by atoms with E-state index in [9.17, 15) is 4.79 Å². The lowest BCUT2D eigenvalue weighted by molar-refractivity contribution is 0.0704. The maximum Gasteiger partial charge on any atom is 0.328 e. The molecule has 0 N–H and O–H groups in total. The van der Waals surface area contributed by atoms with Crippen molar-refractivity contribution < 1.29 is 13.6 Å². The van der Waals surface area contributed by atoms with Crippen LogP contribution in [0.2, 0.25) is 16.6 Å². The molecule has 102 valence electrons. The molecule has 3 nitrogen and oxygen atoms in total. The number of hydrogen-bond acceptors (Lipinski definition) is 3. The van der Waals surface area contributed by atoms with Gasteiger partial charge in [0.25, 0.3) is 8.32 Å². The van der Waals surface area contributed by atoms with E-state index in [4.69, 9.17) is 8.84 Å². The predicted molar refractivity (Wildman–Crippen MR) is 75.2 cm³/mol. The molecule has 0 amide bonds. The Morgan fingerprint density at radius 1 is 1.11 bits per heavy atom. The Labute approximate surface area is 111 Å². The van der Waals surface area contributed by atoms with Crippen molar-refractivity contribution in [1.82, 2.24) is 0 Å². The molecule has 1 heterocycles. The van der Waals surface area contributed by atoms with Crippen LogP contribution in [0.3, 0.4) is 0 Å². The number of hydrogen-bond donors (Lipinski definition) is 0. The van der Waals surface area contributed by atoms with Crippen LogP contribution in [0.5, 0.6) is 0 Å². The van der Waals surface area contributed by atoms with Crippen LogP contribution in [-0.2, 0) is 4.43 Å². The van der Waals surface area contributed by atoms with Crippen molar-refractivity contribution in [3.63, 3.8) is 0 Å². The molecule has 0 aliphatic heterocycles. The number of carbonyl (C=O) groups excluding carboxylic acids is 1. The summed E-state index contributed by atoms with van der Waals surface area (Å²) in [5.41, 5.74) is 1.70. The highest BCUT2D eigenvalue weighted by atomic mass is 28.4. The predicted octanol–water partition coefficient (Wildman–Crippen LogP) is 4.61. The van der Waals surface area contributed by atoms with Crippen LogP contribution in [0.15, 0.2) is 23.0 Å². The second-order valence-electron chi connectivity index (χ2n) is 5.72. The zero-order chi connectivity index (χ0) is 13.9. The molecule has 0 saturated heterocycles. The molecule has 1 rings (SSSR count). The summed E-state index contributed by atoms with van der Waals surface area (Å²) >= 11 is 0. The van der Waals surface area contributed by atoms with Gasteiger partial charge in [-0.2, -0.15) is 0 Å². The van der Waals surface area contributed by atoms with Gasteiger partial charge in [-0.15, -0.1) is 0 Å². The van der Waals surface area contributed by atoms with Gasteiger partial charge in [0.05, 0.1) is 11.8 Å². The first-order valence-corrected chi connectivity index (χ1v) is 8.71. The van der Waals surface area contributed by atoms with Crippen molar-refractivity contribution in [3.8, 4) is 0 Å². The lowest BCUT2D eigenvalue weighted by atomic mass is 10.4. The largest absolute Gasteiger partial charge is 0.515 e. The topological polar surface area (TPSA) is 39.4 Å². The molecule has 0 atom stereocenters. The van der Waals surface area contributed by atoms with Gasteiger partial charge in [0.1, 0.15) is 6.26 Å². The highest BCUT2D eigenvalue weighted by Gasteiger charge is 2.48. The fraction of sp³-hybridized carbons (Fsp3) is 0.643. The maximum absolute atomic E-state index is 12.2. The van der Waals surface area contributed by atoms with E-state index >= 15 is 0 Å². The summed E-state index contributed by atoms with van der Waals surface area (Å²) in [4.78, 5) is 12.2. The Morgan fingerprint density at radius 2 is 1.61 bits per heavy atom. The van der Waals surface area contributed by atoms with Crippen molar-refractivity contribution in [3.05, 3.63) is 24.2 Å². The fourth-order valence-electron chi connectivity index (χ4n) is 2.95. The smallest absolute Gasteiger partial charge is 0.328 e. The molecule has 0 radical (unpaired) electrons. The SMILES string of the molecule is CC(C)[Si](OC(=O)c1ccoc1)(C(C)C)C(C)C. The van der Waals surface area contributed by atoms with Crippen LogP contribution >= 0.6 is 0 Å². The third kappa shape index (κ3) is 2.69. The zero-order valence-electron chi connectivity index (χ0n) is 12.2. The first-order chi connectivity index (χ1) is 8.32. The van der Waals surface area contributed by atoms with Crippen molar-refractivity contribution in [2.24, 2.45) is 0 Å². The first-order valence-electron chi connectivity index (χ1n) is 6.57. The van der Waals surface area contributed by atoms with E-state index in [0.29, 0.717) is 22.2 Å². The average Bonchev–Trinajstić information content (AvgIpc) is 2.77. The second kappa shape index (κ2) is 5.74. The van der Waals surface area contributed by atoms with Gasteiger partial charge in [-0.3, -0.25) is 0 Å². The maximum atomic E-state index is 12.2. The van der Waals surface area contributed by atoms with E-state index in [2.05, 4.69) is 41.5 Å². The summed E-state index contributed by atoms with van der Waals surface area (Å²) in [5.74, 6) is -0.244. The minimum absolute atomic E-state index is 0.244. The monoisotopic (exact) mass is 268 g/mol. The molecular weight excluding hydrogens is 244 g/mol. The van der Waals surface area contributed by atoms with Gasteiger partial charge < -0.3 is 8.84 Å². The molecule has 1 aromatic heterocycles. The lowest BCUT2D eigenvalue weighted by Gasteiger charge is -2.41. The third-order valence-electron chi connectivity index (χ3n) is 3.73. The van der Waals surface area contributed by atoms with Gasteiger partial charge in [-0.1, -0.05) is 41.5 Å². The third-order valence-corrected chi connectivity index (χ3v) is 9.69. The van der Waals surface area contributed by atoms with E-state index in [-0.39, 0.29) is 5.97 Å². The first kappa shape index (κ1) is 15.0. The van der Waals surface area contributed by atoms with E-state index in [1.165, 1.54) is 12.5 Å². The molecule has 4 heteroatoms. The molecule has 0 fully saturated rings. The Bertz CT molecular complexity index is 358. The van der Waals surface area contributed by atoms with Crippen molar-refractivity contribution >= 4 is 14.3 Å². The van der Waals surface area contributed by atoms with E-state index in [0.717, 1.165) is 0 Å². The van der Waals surface area contributed by atoms with Crippen molar-refractivity contribution in [2.45, 2.75) is 58.2 Å². The Morgan fingerprint density at radius 3 is 1.94 bits per heavy atom. The van der Waals surface area contributed by atoms with Crippen LogP contribution < -0.4 is 0 Å². The minimum Gasteiger partial charge on any atom is -0.515 e. The quantitative estimate of drug-likeness (QED) is 0.732. The molecule has 18 heavy (non-hydrogen) atoms. The lowest BCUT2D eigenvalue weighted by Crippen LogP contribution is -2.49. The van der Waals surface area contributed by atoms with E-state index in [1.807, 2.05) is 0 Å². The van der Waals surface area contributed by atoms with Gasteiger partial charge in [0, 0.05) is 0 Å². The minimum atomic E-state index is -2.14. The molecule has 0 saturated carbocycles. The number of rotatable bonds is 5. The highest BCUT2D eigenvalue weighted by Crippen LogP contribution is 2.42. The number of carbonyl (C=O) groups is 1. The molecule has 0 aliphatic carbocycles. The second-order valence-corrected chi connectivity index (χ2v) is 11.1. The summed E-state index contributed by atoms with van der Waals surface area (Å²) in [7, 11) is -2.14. The average molecular weight is 268 g/mol. The zero-order valence-corrected chi connectivity index (χ0v) is 13.2. The van der Waals surface area contributed by atoms with Gasteiger partial charge in [0.15, 0.2) is 0 Å². The number of furan rings is 1. The van der Waals surface area contributed by atoms with Crippen LogP contribution in [0.4, 0.5) is 0 Å². The standard InChI is InChI=1S/C14H24O3Si/c1-10(2)18(11(3)4,12(5)6)17-14(15)13-7-8-16-9-13/h7-12H,1-6H3. The summed E-state index contributed by atoms with van der Waals surface area (Å²) in [6, 6.07) is 1.66. The molecule has 0 unspecified atom stereocenters. The van der Waals surface area contributed by atoms with Crippen molar-refractivity contribution in [2.75, 3.05) is 0 Å². The summed E-state index contributed by atoms with van der Waals surface area (Å²) in [6.45, 7) is 13.0. The normalized spacial score (nSPS) is 12.5. The molecule has 0 aromatic carbocycles. The summed E-state index contributed by atoms with van der Waals surface area (Å²) in [6.07, 6.45) is 2.95. The molecular formula is C14H24O3Si. The molecule has 0 bridgehead atoms. The van der Waals surface area contributed by atoms with Crippen LogP contribution in [0.25, 0.3) is 0 Å². The van der Waals surface area contributed by atoms with Gasteiger partial charge in [-0.25, -0.2) is 4.79 Å². The highest BCUT2D eigenvalue weighted by molar-refractivity contribution is 6.79. The Balaban J connectivity index is 3.02. The van der Waals surface area contributed by atoms with Crippen LogP contribution in [0, 0.1) is 0 Å². The van der Waals surface area contributed by atoms with Crippen LogP contribution in [-0.4, -0.2) is 14.3 Å². The molecule has 1 aromatic rings. The molecule has 0 spiro atoms. The summed E-state index contributed by atoms with van der Waals surface area (Å²) < 4.78 is 11.0. The Hall–Kier alpha value is -1.03. The van der Waals surface area contributed by atoms with E-state index < -0.39 is 8.32 Å². The van der Waals surface area contributed by atoms with Gasteiger partial charge in [0.2, 0.25) is 0 Å². The Kier molecular flexibility index (Phi) is 4.79. The van der Waals surface area contributed by atoms with Crippen LogP contribution in [0.1, 0.15) is 51.9 Å². The summed E-state index contributed by atoms with van der Waals surface area (Å²) in [5, 5.41) is 0. The van der Waals surface area contributed by atoms with Crippen molar-refractivity contribution in [1.29, 1.82) is 0 Å². The van der Waals surface area contributed by atoms with Gasteiger partial charge >= 0.3 is 5.97 Å². The molecule has 0 aliphatic rings.